The Morgan fingerprint density at radius 2 is 1.80 bits per heavy atom. The van der Waals surface area contributed by atoms with E-state index in [2.05, 4.69) is 0 Å². The number of piperidine rings is 1. The highest BCUT2D eigenvalue weighted by Gasteiger charge is 2.24. The van der Waals surface area contributed by atoms with Crippen LogP contribution in [0.5, 0.6) is 5.75 Å². The molecule has 3 rings (SSSR count). The average Bonchev–Trinajstić information content (AvgIpc) is 2.63. The minimum Gasteiger partial charge on any atom is -0.490 e. The summed E-state index contributed by atoms with van der Waals surface area (Å²) in [5.74, 6) is 0.840. The third-order valence-corrected chi connectivity index (χ3v) is 4.50. The van der Waals surface area contributed by atoms with E-state index >= 15 is 0 Å². The maximum Gasteiger partial charge on any atom is 0.409 e. The Bertz CT molecular complexity index is 726. The topological polar surface area (TPSA) is 38.8 Å². The number of benzene rings is 2. The van der Waals surface area contributed by atoms with Crippen LogP contribution < -0.4 is 4.74 Å². The predicted octanol–water partition coefficient (Wildman–Crippen LogP) is 5.01. The van der Waals surface area contributed by atoms with Crippen LogP contribution in [0.1, 0.15) is 19.8 Å². The number of rotatable bonds is 4. The standard InChI is InChI=1S/C20H22ClNO3/c1-2-24-20(23)22-11-9-18(10-12-22)25-19-8-4-6-16(14-19)15-5-3-7-17(21)13-15/h3-8,13-14,18H,2,9-12H2,1H3. The van der Waals surface area contributed by atoms with Gasteiger partial charge < -0.3 is 14.4 Å². The Balaban J connectivity index is 1.61. The van der Waals surface area contributed by atoms with Gasteiger partial charge in [-0.2, -0.15) is 0 Å². The maximum absolute atomic E-state index is 11.7. The fourth-order valence-corrected chi connectivity index (χ4v) is 3.17. The van der Waals surface area contributed by atoms with Crippen molar-refractivity contribution in [2.45, 2.75) is 25.9 Å². The lowest BCUT2D eigenvalue weighted by Crippen LogP contribution is -2.42. The highest BCUT2D eigenvalue weighted by Crippen LogP contribution is 2.27. The molecule has 0 bridgehead atoms. The first-order valence-corrected chi connectivity index (χ1v) is 8.98. The molecule has 0 N–H and O–H groups in total. The number of likely N-dealkylation sites (tertiary alicyclic amines) is 1. The lowest BCUT2D eigenvalue weighted by molar-refractivity contribution is 0.0703. The average molecular weight is 360 g/mol. The Morgan fingerprint density at radius 1 is 1.12 bits per heavy atom. The monoisotopic (exact) mass is 359 g/mol. The van der Waals surface area contributed by atoms with Crippen molar-refractivity contribution in [2.75, 3.05) is 19.7 Å². The quantitative estimate of drug-likeness (QED) is 0.770. The number of nitrogens with zero attached hydrogens (tertiary/aromatic N) is 1. The Morgan fingerprint density at radius 3 is 2.48 bits per heavy atom. The molecule has 0 saturated carbocycles. The second kappa shape index (κ2) is 8.26. The number of amides is 1. The summed E-state index contributed by atoms with van der Waals surface area (Å²) < 4.78 is 11.2. The van der Waals surface area contributed by atoms with Crippen molar-refractivity contribution in [3.63, 3.8) is 0 Å². The third-order valence-electron chi connectivity index (χ3n) is 4.26. The van der Waals surface area contributed by atoms with Crippen LogP contribution in [-0.2, 0) is 4.74 Å². The second-order valence-corrected chi connectivity index (χ2v) is 6.48. The van der Waals surface area contributed by atoms with Crippen LogP contribution in [0.4, 0.5) is 4.79 Å². The first-order chi connectivity index (χ1) is 12.2. The summed E-state index contributed by atoms with van der Waals surface area (Å²) in [4.78, 5) is 13.5. The van der Waals surface area contributed by atoms with Gasteiger partial charge in [0, 0.05) is 31.0 Å². The molecule has 1 aliphatic heterocycles. The highest BCUT2D eigenvalue weighted by molar-refractivity contribution is 6.30. The number of hydrogen-bond donors (Lipinski definition) is 0. The smallest absolute Gasteiger partial charge is 0.409 e. The largest absolute Gasteiger partial charge is 0.490 e. The van der Waals surface area contributed by atoms with E-state index in [1.54, 1.807) is 4.90 Å². The van der Waals surface area contributed by atoms with Gasteiger partial charge in [0.05, 0.1) is 6.61 Å². The van der Waals surface area contributed by atoms with Gasteiger partial charge in [0.15, 0.2) is 0 Å². The van der Waals surface area contributed by atoms with Gasteiger partial charge in [-0.15, -0.1) is 0 Å². The van der Waals surface area contributed by atoms with E-state index in [-0.39, 0.29) is 12.2 Å². The number of carbonyl (C=O) groups is 1. The Hall–Kier alpha value is -2.20. The molecular formula is C20H22ClNO3. The molecule has 0 aliphatic carbocycles. The molecule has 132 valence electrons. The van der Waals surface area contributed by atoms with Crippen LogP contribution in [0.15, 0.2) is 48.5 Å². The summed E-state index contributed by atoms with van der Waals surface area (Å²) >= 11 is 6.08. The van der Waals surface area contributed by atoms with Crippen molar-refractivity contribution < 1.29 is 14.3 Å². The van der Waals surface area contributed by atoms with E-state index in [1.165, 1.54) is 0 Å². The van der Waals surface area contributed by atoms with Crippen molar-refractivity contribution in [3.05, 3.63) is 53.6 Å². The zero-order valence-corrected chi connectivity index (χ0v) is 15.0. The predicted molar refractivity (Wildman–Crippen MR) is 99.1 cm³/mol. The molecule has 5 heteroatoms. The molecule has 0 atom stereocenters. The molecule has 0 aromatic heterocycles. The summed E-state index contributed by atoms with van der Waals surface area (Å²) in [5.41, 5.74) is 2.14. The van der Waals surface area contributed by atoms with Crippen LogP contribution >= 0.6 is 11.6 Å². The minimum absolute atomic E-state index is 0.111. The fourth-order valence-electron chi connectivity index (χ4n) is 2.98. The zero-order valence-electron chi connectivity index (χ0n) is 14.3. The fraction of sp³-hybridized carbons (Fsp3) is 0.350. The molecule has 1 heterocycles. The van der Waals surface area contributed by atoms with Crippen LogP contribution in [0.25, 0.3) is 11.1 Å². The molecule has 1 fully saturated rings. The van der Waals surface area contributed by atoms with Crippen molar-refractivity contribution in [1.29, 1.82) is 0 Å². The van der Waals surface area contributed by atoms with Gasteiger partial charge in [-0.25, -0.2) is 4.79 Å². The molecular weight excluding hydrogens is 338 g/mol. The Kier molecular flexibility index (Phi) is 5.82. The molecule has 2 aromatic rings. The summed E-state index contributed by atoms with van der Waals surface area (Å²) in [6.45, 7) is 3.56. The van der Waals surface area contributed by atoms with Crippen molar-refractivity contribution in [2.24, 2.45) is 0 Å². The van der Waals surface area contributed by atoms with Gasteiger partial charge >= 0.3 is 6.09 Å². The van der Waals surface area contributed by atoms with Gasteiger partial charge in [-0.3, -0.25) is 0 Å². The van der Waals surface area contributed by atoms with E-state index in [9.17, 15) is 4.79 Å². The van der Waals surface area contributed by atoms with Gasteiger partial charge in [0.25, 0.3) is 0 Å². The van der Waals surface area contributed by atoms with Gasteiger partial charge in [-0.1, -0.05) is 35.9 Å². The van der Waals surface area contributed by atoms with E-state index in [0.29, 0.717) is 19.7 Å². The molecule has 1 aliphatic rings. The van der Waals surface area contributed by atoms with Gasteiger partial charge in [0.2, 0.25) is 0 Å². The molecule has 0 radical (unpaired) electrons. The third kappa shape index (κ3) is 4.67. The molecule has 25 heavy (non-hydrogen) atoms. The lowest BCUT2D eigenvalue weighted by Gasteiger charge is -2.31. The summed E-state index contributed by atoms with van der Waals surface area (Å²) in [6, 6.07) is 15.8. The number of carbonyl (C=O) groups excluding carboxylic acids is 1. The zero-order chi connectivity index (χ0) is 17.6. The first kappa shape index (κ1) is 17.6. The molecule has 0 spiro atoms. The van der Waals surface area contributed by atoms with Crippen LogP contribution in [0.2, 0.25) is 5.02 Å². The Labute approximate surface area is 153 Å². The van der Waals surface area contributed by atoms with Gasteiger partial charge in [0.1, 0.15) is 11.9 Å². The minimum atomic E-state index is -0.232. The normalized spacial score (nSPS) is 15.0. The lowest BCUT2D eigenvalue weighted by atomic mass is 10.1. The number of halogens is 1. The first-order valence-electron chi connectivity index (χ1n) is 8.60. The second-order valence-electron chi connectivity index (χ2n) is 6.04. The number of ether oxygens (including phenoxy) is 2. The van der Waals surface area contributed by atoms with Crippen molar-refractivity contribution >= 4 is 17.7 Å². The van der Waals surface area contributed by atoms with E-state index in [4.69, 9.17) is 21.1 Å². The molecule has 4 nitrogen and oxygen atoms in total. The van der Waals surface area contributed by atoms with Crippen molar-refractivity contribution in [3.8, 4) is 16.9 Å². The van der Waals surface area contributed by atoms with Gasteiger partial charge in [-0.05, 0) is 42.3 Å². The van der Waals surface area contributed by atoms with Crippen molar-refractivity contribution in [1.82, 2.24) is 4.90 Å². The molecule has 1 amide bonds. The molecule has 2 aromatic carbocycles. The van der Waals surface area contributed by atoms with Crippen LogP contribution in [-0.4, -0.2) is 36.8 Å². The van der Waals surface area contributed by atoms with E-state index in [0.717, 1.165) is 34.7 Å². The van der Waals surface area contributed by atoms with E-state index < -0.39 is 0 Å². The van der Waals surface area contributed by atoms with Crippen LogP contribution in [0, 0.1) is 0 Å². The van der Waals surface area contributed by atoms with E-state index in [1.807, 2.05) is 55.5 Å². The SMILES string of the molecule is CCOC(=O)N1CCC(Oc2cccc(-c3cccc(Cl)c3)c2)CC1. The summed E-state index contributed by atoms with van der Waals surface area (Å²) in [7, 11) is 0. The summed E-state index contributed by atoms with van der Waals surface area (Å²) in [6.07, 6.45) is 1.49. The number of hydrogen-bond acceptors (Lipinski definition) is 3. The molecule has 0 unspecified atom stereocenters. The summed E-state index contributed by atoms with van der Waals surface area (Å²) in [5, 5.41) is 0.718. The molecule has 1 saturated heterocycles. The maximum atomic E-state index is 11.7. The van der Waals surface area contributed by atoms with Crippen LogP contribution in [0.3, 0.4) is 0 Å². The highest BCUT2D eigenvalue weighted by atomic mass is 35.5.